The zero-order chi connectivity index (χ0) is 19.7. The van der Waals surface area contributed by atoms with Gasteiger partial charge in [0.05, 0.1) is 11.4 Å². The van der Waals surface area contributed by atoms with Gasteiger partial charge in [-0.1, -0.05) is 59.7 Å². The number of benzene rings is 2. The van der Waals surface area contributed by atoms with Crippen molar-refractivity contribution in [3.63, 3.8) is 0 Å². The molecule has 0 aliphatic heterocycles. The minimum Gasteiger partial charge on any atom is -0.333 e. The lowest BCUT2D eigenvalue weighted by molar-refractivity contribution is 0.111. The molecule has 4 aromatic rings. The molecule has 0 saturated heterocycles. The van der Waals surface area contributed by atoms with E-state index in [0.29, 0.717) is 34.4 Å². The van der Waals surface area contributed by atoms with Gasteiger partial charge in [-0.3, -0.25) is 9.59 Å². The Labute approximate surface area is 161 Å². The second-order valence-corrected chi connectivity index (χ2v) is 6.66. The van der Waals surface area contributed by atoms with Crippen LogP contribution in [0.1, 0.15) is 32.1 Å². The molecule has 0 unspecified atom stereocenters. The zero-order valence-electron chi connectivity index (χ0n) is 15.5. The van der Waals surface area contributed by atoms with E-state index in [2.05, 4.69) is 19.9 Å². The molecule has 4 rings (SSSR count). The fourth-order valence-corrected chi connectivity index (χ4v) is 3.03. The van der Waals surface area contributed by atoms with Crippen LogP contribution in [0.15, 0.2) is 48.5 Å². The average molecular weight is 370 g/mol. The number of carbonyl (C=O) groups is 2. The van der Waals surface area contributed by atoms with Gasteiger partial charge in [-0.2, -0.15) is 0 Å². The largest absolute Gasteiger partial charge is 0.333 e. The summed E-state index contributed by atoms with van der Waals surface area (Å²) in [5, 5.41) is 0. The molecule has 6 heteroatoms. The second-order valence-electron chi connectivity index (χ2n) is 6.66. The van der Waals surface area contributed by atoms with Crippen molar-refractivity contribution in [2.75, 3.05) is 0 Å². The Bertz CT molecular complexity index is 1060. The van der Waals surface area contributed by atoms with Gasteiger partial charge in [0.15, 0.2) is 24.2 Å². The minimum absolute atomic E-state index is 0.361. The van der Waals surface area contributed by atoms with Gasteiger partial charge < -0.3 is 9.97 Å². The number of imidazole rings is 2. The number of nitrogens with one attached hydrogen (secondary N) is 2. The van der Waals surface area contributed by atoms with E-state index >= 15 is 0 Å². The predicted octanol–water partition coefficient (Wildman–Crippen LogP) is 4.38. The minimum atomic E-state index is 0.361. The maximum absolute atomic E-state index is 11.5. The van der Waals surface area contributed by atoms with Crippen molar-refractivity contribution >= 4 is 12.6 Å². The molecule has 0 saturated carbocycles. The van der Waals surface area contributed by atoms with Crippen LogP contribution in [0.2, 0.25) is 0 Å². The molecule has 2 aromatic heterocycles. The van der Waals surface area contributed by atoms with Crippen LogP contribution in [0.4, 0.5) is 0 Å². The van der Waals surface area contributed by atoms with E-state index < -0.39 is 0 Å². The number of aromatic nitrogens is 4. The Balaban J connectivity index is 1.79. The van der Waals surface area contributed by atoms with Gasteiger partial charge in [-0.05, 0) is 13.8 Å². The molecular formula is C22H18N4O2. The summed E-state index contributed by atoms with van der Waals surface area (Å²) in [6.07, 6.45) is 1.46. The standard InChI is InChI=1S/C22H18N4O2/c1-13-3-7-15(8-4-13)19-17(11-27)23-21(25-19)22-24-18(12-28)20(26-22)16-9-5-14(2)6-10-16/h3-12H,1-2H3,(H,23,25)(H,24,26). The Morgan fingerprint density at radius 3 is 1.32 bits per heavy atom. The van der Waals surface area contributed by atoms with E-state index in [1.165, 1.54) is 0 Å². The number of carbonyl (C=O) groups excluding carboxylic acids is 2. The molecule has 0 atom stereocenters. The molecule has 0 bridgehead atoms. The lowest BCUT2D eigenvalue weighted by atomic mass is 10.1. The second kappa shape index (κ2) is 7.08. The first-order valence-corrected chi connectivity index (χ1v) is 8.84. The molecule has 2 aromatic carbocycles. The molecule has 0 amide bonds. The predicted molar refractivity (Wildman–Crippen MR) is 107 cm³/mol. The lowest BCUT2D eigenvalue weighted by Gasteiger charge is -1.98. The van der Waals surface area contributed by atoms with E-state index in [0.717, 1.165) is 34.8 Å². The van der Waals surface area contributed by atoms with E-state index in [4.69, 9.17) is 0 Å². The Morgan fingerprint density at radius 1 is 0.643 bits per heavy atom. The fourth-order valence-electron chi connectivity index (χ4n) is 3.03. The number of H-pyrrole nitrogens is 2. The van der Waals surface area contributed by atoms with Crippen molar-refractivity contribution in [2.45, 2.75) is 13.8 Å². The molecule has 2 N–H and O–H groups in total. The molecule has 0 fully saturated rings. The summed E-state index contributed by atoms with van der Waals surface area (Å²) >= 11 is 0. The van der Waals surface area contributed by atoms with Crippen molar-refractivity contribution in [3.05, 3.63) is 71.0 Å². The van der Waals surface area contributed by atoms with E-state index in [1.54, 1.807) is 0 Å². The van der Waals surface area contributed by atoms with Crippen LogP contribution in [0.5, 0.6) is 0 Å². The molecule has 0 aliphatic carbocycles. The van der Waals surface area contributed by atoms with Crippen LogP contribution >= 0.6 is 0 Å². The van der Waals surface area contributed by atoms with Crippen LogP contribution in [0.3, 0.4) is 0 Å². The van der Waals surface area contributed by atoms with Gasteiger partial charge in [0, 0.05) is 11.1 Å². The Kier molecular flexibility index (Phi) is 4.45. The average Bonchev–Trinajstić information content (AvgIpc) is 3.33. The molecule has 0 spiro atoms. The topological polar surface area (TPSA) is 91.5 Å². The smallest absolute Gasteiger partial charge is 0.174 e. The van der Waals surface area contributed by atoms with Gasteiger partial charge in [0.1, 0.15) is 11.4 Å². The quantitative estimate of drug-likeness (QED) is 0.510. The van der Waals surface area contributed by atoms with Crippen molar-refractivity contribution in [1.82, 2.24) is 19.9 Å². The summed E-state index contributed by atoms with van der Waals surface area (Å²) < 4.78 is 0. The summed E-state index contributed by atoms with van der Waals surface area (Å²) in [6, 6.07) is 15.5. The third-order valence-electron chi connectivity index (χ3n) is 4.57. The highest BCUT2D eigenvalue weighted by Gasteiger charge is 2.18. The molecule has 138 valence electrons. The molecular weight excluding hydrogens is 352 g/mol. The number of aryl methyl sites for hydroxylation is 2. The van der Waals surface area contributed by atoms with Gasteiger partial charge in [-0.15, -0.1) is 0 Å². The maximum Gasteiger partial charge on any atom is 0.174 e. The van der Waals surface area contributed by atoms with Crippen molar-refractivity contribution in [1.29, 1.82) is 0 Å². The SMILES string of the molecule is Cc1ccc(-c2nc(-c3nc(-c4ccc(C)cc4)c(C=O)[nH]3)[nH]c2C=O)cc1. The normalized spacial score (nSPS) is 10.8. The number of hydrogen-bond acceptors (Lipinski definition) is 4. The summed E-state index contributed by atoms with van der Waals surface area (Å²) in [6.45, 7) is 3.99. The number of nitrogens with zero attached hydrogens (tertiary/aromatic N) is 2. The maximum atomic E-state index is 11.5. The first-order valence-electron chi connectivity index (χ1n) is 8.84. The van der Waals surface area contributed by atoms with Gasteiger partial charge in [0.25, 0.3) is 0 Å². The summed E-state index contributed by atoms with van der Waals surface area (Å²) in [7, 11) is 0. The molecule has 0 radical (unpaired) electrons. The number of rotatable bonds is 5. The summed E-state index contributed by atoms with van der Waals surface area (Å²) in [5.74, 6) is 0.804. The first kappa shape index (κ1) is 17.6. The Hall–Kier alpha value is -3.80. The third-order valence-corrected chi connectivity index (χ3v) is 4.57. The van der Waals surface area contributed by atoms with Crippen LogP contribution in [0, 0.1) is 13.8 Å². The molecule has 6 nitrogen and oxygen atoms in total. The van der Waals surface area contributed by atoms with Crippen LogP contribution in [-0.2, 0) is 0 Å². The molecule has 0 aliphatic rings. The van der Waals surface area contributed by atoms with Gasteiger partial charge in [0.2, 0.25) is 0 Å². The van der Waals surface area contributed by atoms with Crippen LogP contribution in [0.25, 0.3) is 34.2 Å². The fraction of sp³-hybridized carbons (Fsp3) is 0.0909. The van der Waals surface area contributed by atoms with Gasteiger partial charge in [-0.25, -0.2) is 9.97 Å². The molecule has 28 heavy (non-hydrogen) atoms. The monoisotopic (exact) mass is 370 g/mol. The van der Waals surface area contributed by atoms with Gasteiger partial charge >= 0.3 is 0 Å². The third kappa shape index (κ3) is 3.16. The van der Waals surface area contributed by atoms with Crippen molar-refractivity contribution in [2.24, 2.45) is 0 Å². The number of hydrogen-bond donors (Lipinski definition) is 2. The van der Waals surface area contributed by atoms with E-state index in [9.17, 15) is 9.59 Å². The highest BCUT2D eigenvalue weighted by atomic mass is 16.1. The van der Waals surface area contributed by atoms with E-state index in [-0.39, 0.29) is 0 Å². The Morgan fingerprint density at radius 2 is 1.00 bits per heavy atom. The lowest BCUT2D eigenvalue weighted by Crippen LogP contribution is -1.85. The van der Waals surface area contributed by atoms with E-state index in [1.807, 2.05) is 62.4 Å². The summed E-state index contributed by atoms with van der Waals surface area (Å²) in [4.78, 5) is 38.2. The summed E-state index contributed by atoms with van der Waals surface area (Å²) in [5.41, 5.74) is 5.72. The van der Waals surface area contributed by atoms with Crippen LogP contribution < -0.4 is 0 Å². The van der Waals surface area contributed by atoms with Crippen molar-refractivity contribution in [3.8, 4) is 34.2 Å². The highest BCUT2D eigenvalue weighted by Crippen LogP contribution is 2.28. The first-order chi connectivity index (χ1) is 13.6. The highest BCUT2D eigenvalue weighted by molar-refractivity contribution is 5.87. The zero-order valence-corrected chi connectivity index (χ0v) is 15.5. The number of aldehydes is 2. The molecule has 2 heterocycles. The van der Waals surface area contributed by atoms with Crippen molar-refractivity contribution < 1.29 is 9.59 Å². The number of aromatic amines is 2. The van der Waals surface area contributed by atoms with Crippen LogP contribution in [-0.4, -0.2) is 32.5 Å².